The fourth-order valence-electron chi connectivity index (χ4n) is 2.14. The number of fused-ring (bicyclic) bond motifs is 3. The van der Waals surface area contributed by atoms with Gasteiger partial charge in [0.1, 0.15) is 5.52 Å². The second kappa shape index (κ2) is 3.47. The molecule has 0 aliphatic heterocycles. The lowest BCUT2D eigenvalue weighted by molar-refractivity contribution is 0.577. The Hall–Kier alpha value is -3.10. The van der Waals surface area contributed by atoms with Crippen LogP contribution in [0.25, 0.3) is 28.4 Å². The molecule has 0 spiro atoms. The molecule has 9 heteroatoms. The van der Waals surface area contributed by atoms with E-state index >= 15 is 0 Å². The quantitative estimate of drug-likeness (QED) is 0.508. The predicted octanol–water partition coefficient (Wildman–Crippen LogP) is 0.146. The zero-order valence-electron chi connectivity index (χ0n) is 10.4. The Kier molecular flexibility index (Phi) is 1.87. The molecule has 0 aromatic carbocycles. The topological polar surface area (TPSA) is 120 Å². The molecule has 0 saturated heterocycles. The number of hydrogen-bond donors (Lipinski definition) is 2. The van der Waals surface area contributed by atoms with Crippen LogP contribution in [0, 0.1) is 0 Å². The lowest BCUT2D eigenvalue weighted by atomic mass is 10.4. The monoisotopic (exact) mass is 271 g/mol. The Morgan fingerprint density at radius 3 is 3.00 bits per heavy atom. The van der Waals surface area contributed by atoms with Gasteiger partial charge in [-0.25, -0.2) is 9.78 Å². The van der Waals surface area contributed by atoms with Gasteiger partial charge in [0.25, 0.3) is 0 Å². The van der Waals surface area contributed by atoms with E-state index in [1.807, 2.05) is 0 Å². The molecule has 4 aromatic rings. The van der Waals surface area contributed by atoms with Gasteiger partial charge in [-0.1, -0.05) is 0 Å². The van der Waals surface area contributed by atoms with Crippen molar-refractivity contribution in [3.05, 3.63) is 28.9 Å². The highest BCUT2D eigenvalue weighted by Crippen LogP contribution is 2.21. The van der Waals surface area contributed by atoms with Crippen LogP contribution in [0.5, 0.6) is 0 Å². The molecule has 0 atom stereocenters. The maximum atomic E-state index is 11.7. The van der Waals surface area contributed by atoms with E-state index in [4.69, 9.17) is 10.2 Å². The van der Waals surface area contributed by atoms with Crippen LogP contribution in [-0.4, -0.2) is 29.1 Å². The first kappa shape index (κ1) is 10.8. The third-order valence-corrected chi connectivity index (χ3v) is 3.09. The molecule has 0 unspecified atom stereocenters. The van der Waals surface area contributed by atoms with Gasteiger partial charge in [-0.2, -0.15) is 9.50 Å². The maximum Gasteiger partial charge on any atom is 0.327 e. The molecule has 4 rings (SSSR count). The molecule has 0 aliphatic rings. The van der Waals surface area contributed by atoms with Gasteiger partial charge in [0.15, 0.2) is 17.1 Å². The number of furan rings is 1. The zero-order valence-corrected chi connectivity index (χ0v) is 10.4. The summed E-state index contributed by atoms with van der Waals surface area (Å²) in [6.45, 7) is 0. The third-order valence-electron chi connectivity index (χ3n) is 3.09. The molecule has 0 aliphatic carbocycles. The molecule has 4 aromatic heterocycles. The smallest absolute Gasteiger partial charge is 0.327 e. The molecule has 20 heavy (non-hydrogen) atoms. The van der Waals surface area contributed by atoms with Crippen molar-refractivity contribution in [3.8, 4) is 11.6 Å². The van der Waals surface area contributed by atoms with E-state index in [0.717, 1.165) is 0 Å². The molecule has 0 amide bonds. The van der Waals surface area contributed by atoms with Crippen LogP contribution >= 0.6 is 0 Å². The number of imidazole rings is 1. The van der Waals surface area contributed by atoms with Crippen molar-refractivity contribution < 1.29 is 4.42 Å². The molecule has 0 bridgehead atoms. The number of anilines is 1. The molecular formula is C11H9N7O2. The Bertz CT molecular complexity index is 989. The fraction of sp³-hybridized carbons (Fsp3) is 0.0909. The minimum atomic E-state index is -0.289. The Morgan fingerprint density at radius 2 is 2.25 bits per heavy atom. The highest BCUT2D eigenvalue weighted by atomic mass is 16.3. The summed E-state index contributed by atoms with van der Waals surface area (Å²) in [6, 6.07) is 3.48. The molecule has 3 N–H and O–H groups in total. The summed E-state index contributed by atoms with van der Waals surface area (Å²) in [5.74, 6) is 1.03. The zero-order chi connectivity index (χ0) is 13.9. The average molecular weight is 271 g/mol. The van der Waals surface area contributed by atoms with Crippen LogP contribution in [0.1, 0.15) is 0 Å². The predicted molar refractivity (Wildman–Crippen MR) is 70.0 cm³/mol. The first-order valence-electron chi connectivity index (χ1n) is 5.80. The first-order valence-corrected chi connectivity index (χ1v) is 5.80. The summed E-state index contributed by atoms with van der Waals surface area (Å²) in [5.41, 5.74) is 6.90. The van der Waals surface area contributed by atoms with Crippen molar-refractivity contribution in [1.82, 2.24) is 29.1 Å². The van der Waals surface area contributed by atoms with E-state index in [-0.39, 0.29) is 11.6 Å². The van der Waals surface area contributed by atoms with Gasteiger partial charge in [0, 0.05) is 7.05 Å². The number of nitrogens with one attached hydrogen (secondary N) is 1. The normalized spacial score (nSPS) is 11.7. The van der Waals surface area contributed by atoms with Crippen LogP contribution < -0.4 is 11.4 Å². The number of aromatic nitrogens is 6. The number of aromatic amines is 1. The maximum absolute atomic E-state index is 11.7. The van der Waals surface area contributed by atoms with Crippen molar-refractivity contribution in [3.63, 3.8) is 0 Å². The molecular weight excluding hydrogens is 262 g/mol. The van der Waals surface area contributed by atoms with Crippen molar-refractivity contribution in [2.45, 2.75) is 0 Å². The number of H-pyrrole nitrogens is 1. The van der Waals surface area contributed by atoms with Crippen LogP contribution in [0.15, 0.2) is 27.6 Å². The van der Waals surface area contributed by atoms with Gasteiger partial charge >= 0.3 is 5.69 Å². The third kappa shape index (κ3) is 1.25. The standard InChI is InChI=1S/C11H9N7O2/c1-17-6-8(15-11(17)19)14-10(12)18-9(6)13-7(16-18)5-3-2-4-20-5/h2-4H,1H3,(H2,12,14)(H,15,19). The number of hydrogen-bond acceptors (Lipinski definition) is 6. The summed E-state index contributed by atoms with van der Waals surface area (Å²) in [5, 5.41) is 4.25. The van der Waals surface area contributed by atoms with Gasteiger partial charge in [-0.3, -0.25) is 9.55 Å². The Balaban J connectivity index is 2.18. The van der Waals surface area contributed by atoms with Crippen molar-refractivity contribution in [1.29, 1.82) is 0 Å². The van der Waals surface area contributed by atoms with Gasteiger partial charge in [-0.15, -0.1) is 5.10 Å². The lowest BCUT2D eigenvalue weighted by Crippen LogP contribution is -2.12. The lowest BCUT2D eigenvalue weighted by Gasteiger charge is -1.98. The van der Waals surface area contributed by atoms with Crippen LogP contribution in [-0.2, 0) is 7.05 Å². The van der Waals surface area contributed by atoms with E-state index in [1.165, 1.54) is 15.3 Å². The van der Waals surface area contributed by atoms with E-state index < -0.39 is 0 Å². The summed E-state index contributed by atoms with van der Waals surface area (Å²) >= 11 is 0. The number of rotatable bonds is 1. The minimum Gasteiger partial charge on any atom is -0.461 e. The van der Waals surface area contributed by atoms with Gasteiger partial charge < -0.3 is 10.2 Å². The van der Waals surface area contributed by atoms with Crippen LogP contribution in [0.4, 0.5) is 5.95 Å². The highest BCUT2D eigenvalue weighted by Gasteiger charge is 2.17. The summed E-state index contributed by atoms with van der Waals surface area (Å²) in [6.07, 6.45) is 1.53. The molecule has 4 heterocycles. The van der Waals surface area contributed by atoms with Gasteiger partial charge in [0.05, 0.1) is 6.26 Å². The first-order chi connectivity index (χ1) is 9.65. The second-order valence-corrected chi connectivity index (χ2v) is 4.30. The molecule has 9 nitrogen and oxygen atoms in total. The van der Waals surface area contributed by atoms with Crippen molar-refractivity contribution >= 4 is 22.8 Å². The van der Waals surface area contributed by atoms with Gasteiger partial charge in [0.2, 0.25) is 11.8 Å². The number of nitrogens with zero attached hydrogens (tertiary/aromatic N) is 5. The number of nitrogens with two attached hydrogens (primary N) is 1. The number of nitrogen functional groups attached to an aromatic ring is 1. The molecule has 0 fully saturated rings. The van der Waals surface area contributed by atoms with E-state index in [1.54, 1.807) is 19.2 Å². The van der Waals surface area contributed by atoms with E-state index in [2.05, 4.69) is 20.1 Å². The fourth-order valence-corrected chi connectivity index (χ4v) is 2.14. The highest BCUT2D eigenvalue weighted by molar-refractivity contribution is 5.87. The van der Waals surface area contributed by atoms with Gasteiger partial charge in [-0.05, 0) is 12.1 Å². The van der Waals surface area contributed by atoms with E-state index in [0.29, 0.717) is 28.4 Å². The average Bonchev–Trinajstić information content (AvgIpc) is 3.10. The Morgan fingerprint density at radius 1 is 1.40 bits per heavy atom. The van der Waals surface area contributed by atoms with Crippen LogP contribution in [0.3, 0.4) is 0 Å². The summed E-state index contributed by atoms with van der Waals surface area (Å²) < 4.78 is 8.06. The molecule has 0 radical (unpaired) electrons. The Labute approximate surface area is 110 Å². The second-order valence-electron chi connectivity index (χ2n) is 4.30. The van der Waals surface area contributed by atoms with E-state index in [9.17, 15) is 4.79 Å². The largest absolute Gasteiger partial charge is 0.461 e. The molecule has 0 saturated carbocycles. The minimum absolute atomic E-state index is 0.139. The SMILES string of the molecule is Cn1c(=O)[nH]c2nc(N)n3nc(-c4ccco4)nc3c21. The molecule has 100 valence electrons. The van der Waals surface area contributed by atoms with Crippen molar-refractivity contribution in [2.24, 2.45) is 7.05 Å². The summed E-state index contributed by atoms with van der Waals surface area (Å²) in [4.78, 5) is 22.8. The number of aryl methyl sites for hydroxylation is 1. The van der Waals surface area contributed by atoms with Crippen LogP contribution in [0.2, 0.25) is 0 Å². The van der Waals surface area contributed by atoms with Crippen molar-refractivity contribution in [2.75, 3.05) is 5.73 Å². The summed E-state index contributed by atoms with van der Waals surface area (Å²) in [7, 11) is 1.63.